The molecule has 0 aliphatic carbocycles. The lowest BCUT2D eigenvalue weighted by Gasteiger charge is -2.10. The van der Waals surface area contributed by atoms with E-state index in [2.05, 4.69) is 76.2 Å². The van der Waals surface area contributed by atoms with Crippen molar-refractivity contribution < 1.29 is 8.83 Å². The van der Waals surface area contributed by atoms with E-state index in [0.29, 0.717) is 0 Å². The third-order valence-corrected chi connectivity index (χ3v) is 11.0. The maximum atomic E-state index is 6.53. The second-order valence-electron chi connectivity index (χ2n) is 15.3. The number of hydrogen-bond acceptors (Lipinski definition) is 4. The molecule has 0 saturated heterocycles. The van der Waals surface area contributed by atoms with Gasteiger partial charge in [0.2, 0.25) is 0 Å². The molecule has 0 amide bonds. The summed E-state index contributed by atoms with van der Waals surface area (Å²) in [5.74, 6) is 1.49. The average molecular weight is 705 g/mol. The van der Waals surface area contributed by atoms with E-state index in [1.807, 2.05) is 0 Å². The average Bonchev–Trinajstić information content (AvgIpc) is 3.80. The number of nitrogens with zero attached hydrogens (tertiary/aromatic N) is 2. The van der Waals surface area contributed by atoms with Crippen LogP contribution in [0.2, 0.25) is 0 Å². The monoisotopic (exact) mass is 705 g/mol. The number of oxazole rings is 2. The maximum absolute atomic E-state index is 6.53. The van der Waals surface area contributed by atoms with Gasteiger partial charge in [0.15, 0.2) is 22.9 Å². The molecule has 282 valence electrons. The van der Waals surface area contributed by atoms with Crippen LogP contribution in [0.25, 0.3) is 44.5 Å². The van der Waals surface area contributed by atoms with Gasteiger partial charge in [0, 0.05) is 12.8 Å². The van der Waals surface area contributed by atoms with Gasteiger partial charge >= 0.3 is 0 Å². The highest BCUT2D eigenvalue weighted by molar-refractivity contribution is 6.15. The zero-order valence-electron chi connectivity index (χ0n) is 33.3. The number of fused-ring (bicyclic) bond motifs is 2. The summed E-state index contributed by atoms with van der Waals surface area (Å²) in [6.45, 7) is 8.79. The Morgan fingerprint density at radius 2 is 0.692 bits per heavy atom. The van der Waals surface area contributed by atoms with Crippen LogP contribution >= 0.6 is 0 Å². The Morgan fingerprint density at radius 1 is 0.385 bits per heavy atom. The number of unbranched alkanes of at least 4 members (excludes halogenated alkanes) is 18. The van der Waals surface area contributed by atoms with Crippen molar-refractivity contribution in [2.75, 3.05) is 0 Å². The molecule has 0 unspecified atom stereocenters. The summed E-state index contributed by atoms with van der Waals surface area (Å²) in [6, 6.07) is 18.2. The van der Waals surface area contributed by atoms with Gasteiger partial charge in [-0.3, -0.25) is 0 Å². The minimum atomic E-state index is 0.734. The second kappa shape index (κ2) is 22.0. The van der Waals surface area contributed by atoms with Gasteiger partial charge in [-0.1, -0.05) is 192 Å². The van der Waals surface area contributed by atoms with Crippen molar-refractivity contribution in [3.63, 3.8) is 0 Å². The molecule has 2 aromatic heterocycles. The van der Waals surface area contributed by atoms with Crippen LogP contribution in [0.15, 0.2) is 57.4 Å². The summed E-state index contributed by atoms with van der Waals surface area (Å²) in [5, 5.41) is 0. The minimum Gasteiger partial charge on any atom is -0.440 e. The van der Waals surface area contributed by atoms with E-state index in [0.717, 1.165) is 81.9 Å². The van der Waals surface area contributed by atoms with Crippen molar-refractivity contribution in [3.8, 4) is 22.3 Å². The second-order valence-corrected chi connectivity index (χ2v) is 15.3. The molecule has 52 heavy (non-hydrogen) atoms. The Labute approximate surface area is 315 Å². The molecular weight excluding hydrogens is 637 g/mol. The molecule has 0 spiro atoms. The first-order valence-electron chi connectivity index (χ1n) is 21.6. The summed E-state index contributed by atoms with van der Waals surface area (Å²) in [7, 11) is 0. The third-order valence-electron chi connectivity index (χ3n) is 11.0. The van der Waals surface area contributed by atoms with E-state index >= 15 is 0 Å². The fourth-order valence-electron chi connectivity index (χ4n) is 7.77. The van der Waals surface area contributed by atoms with E-state index in [1.165, 1.54) is 140 Å². The van der Waals surface area contributed by atoms with Crippen LogP contribution < -0.4 is 0 Å². The molecule has 0 radical (unpaired) electrons. The van der Waals surface area contributed by atoms with E-state index in [-0.39, 0.29) is 0 Å². The van der Waals surface area contributed by atoms with Crippen molar-refractivity contribution in [2.45, 2.75) is 182 Å². The highest BCUT2D eigenvalue weighted by Crippen LogP contribution is 2.44. The van der Waals surface area contributed by atoms with Gasteiger partial charge in [-0.15, -0.1) is 0 Å². The van der Waals surface area contributed by atoms with Gasteiger partial charge in [0.05, 0.1) is 11.1 Å². The Kier molecular flexibility index (Phi) is 16.8. The van der Waals surface area contributed by atoms with Gasteiger partial charge in [0.25, 0.3) is 0 Å². The largest absolute Gasteiger partial charge is 0.440 e. The predicted molar refractivity (Wildman–Crippen MR) is 222 cm³/mol. The first-order valence-corrected chi connectivity index (χ1v) is 21.6. The topological polar surface area (TPSA) is 52.1 Å². The minimum absolute atomic E-state index is 0.734. The van der Waals surface area contributed by atoms with Crippen molar-refractivity contribution >= 4 is 22.2 Å². The molecule has 3 aromatic carbocycles. The van der Waals surface area contributed by atoms with E-state index in [1.54, 1.807) is 0 Å². The smallest absolute Gasteiger partial charge is 0.195 e. The van der Waals surface area contributed by atoms with Crippen LogP contribution in [0.1, 0.15) is 179 Å². The van der Waals surface area contributed by atoms with Gasteiger partial charge in [-0.2, -0.15) is 0 Å². The molecule has 0 aliphatic rings. The first-order chi connectivity index (χ1) is 25.7. The lowest BCUT2D eigenvalue weighted by molar-refractivity contribution is 0.538. The molecule has 2 heterocycles. The number of hydrogen-bond donors (Lipinski definition) is 0. The van der Waals surface area contributed by atoms with Crippen molar-refractivity contribution in [3.05, 3.63) is 71.4 Å². The fraction of sp³-hybridized carbons (Fsp3) is 0.583. The van der Waals surface area contributed by atoms with Crippen LogP contribution in [-0.4, -0.2) is 9.97 Å². The summed E-state index contributed by atoms with van der Waals surface area (Å²) < 4.78 is 13.1. The van der Waals surface area contributed by atoms with Crippen molar-refractivity contribution in [1.29, 1.82) is 0 Å². The molecule has 4 nitrogen and oxygen atoms in total. The summed E-state index contributed by atoms with van der Waals surface area (Å²) >= 11 is 0. The highest BCUT2D eigenvalue weighted by Gasteiger charge is 2.26. The summed E-state index contributed by atoms with van der Waals surface area (Å²) in [5.41, 5.74) is 10.4. The SMILES string of the molecule is CCCCCCCCCCCCc1ccc(-c2c3nc(CC)oc3c(-c3ccc(CCCCCCCCCCCC)cc3)c3nc(CC)oc23)cc1. The normalized spacial score (nSPS) is 11.8. The number of rotatable bonds is 26. The van der Waals surface area contributed by atoms with Crippen molar-refractivity contribution in [2.24, 2.45) is 0 Å². The highest BCUT2D eigenvalue weighted by atomic mass is 16.4. The van der Waals surface area contributed by atoms with Gasteiger partial charge in [-0.25, -0.2) is 9.97 Å². The van der Waals surface area contributed by atoms with E-state index in [9.17, 15) is 0 Å². The van der Waals surface area contributed by atoms with Gasteiger partial charge in [0.1, 0.15) is 11.0 Å². The predicted octanol–water partition coefficient (Wildman–Crippen LogP) is 15.4. The van der Waals surface area contributed by atoms with Crippen LogP contribution in [0.5, 0.6) is 0 Å². The van der Waals surface area contributed by atoms with Gasteiger partial charge in [-0.05, 0) is 47.9 Å². The van der Waals surface area contributed by atoms with E-state index < -0.39 is 0 Å². The molecule has 0 aliphatic heterocycles. The Balaban J connectivity index is 1.26. The van der Waals surface area contributed by atoms with Crippen LogP contribution in [-0.2, 0) is 25.7 Å². The number of aryl methyl sites for hydroxylation is 4. The lowest BCUT2D eigenvalue weighted by atomic mass is 9.94. The molecule has 0 N–H and O–H groups in total. The molecule has 0 atom stereocenters. The van der Waals surface area contributed by atoms with Crippen LogP contribution in [0.4, 0.5) is 0 Å². The Morgan fingerprint density at radius 3 is 1.00 bits per heavy atom. The molecule has 0 bridgehead atoms. The van der Waals surface area contributed by atoms with Crippen LogP contribution in [0, 0.1) is 0 Å². The molecule has 4 heteroatoms. The Hall–Kier alpha value is -3.40. The number of aromatic nitrogens is 2. The third kappa shape index (κ3) is 11.3. The van der Waals surface area contributed by atoms with Gasteiger partial charge < -0.3 is 8.83 Å². The molecule has 5 rings (SSSR count). The molecule has 5 aromatic rings. The quantitative estimate of drug-likeness (QED) is 0.0538. The summed E-state index contributed by atoms with van der Waals surface area (Å²) in [4.78, 5) is 10.1. The zero-order chi connectivity index (χ0) is 36.4. The molecule has 0 saturated carbocycles. The zero-order valence-corrected chi connectivity index (χ0v) is 33.3. The fourth-order valence-corrected chi connectivity index (χ4v) is 7.77. The summed E-state index contributed by atoms with van der Waals surface area (Å²) in [6.07, 6.45) is 31.0. The van der Waals surface area contributed by atoms with Crippen LogP contribution in [0.3, 0.4) is 0 Å². The standard InChI is InChI=1S/C48H68N2O2/c1-5-9-11-13-15-17-19-21-23-25-27-37-29-33-39(34-30-37)43-45-48(52-41(7-3)49-45)44(46-47(43)51-42(8-4)50-46)40-35-31-38(32-36-40)28-26-24-22-20-18-16-14-12-10-6-2/h29-36H,5-28H2,1-4H3. The number of benzene rings is 3. The van der Waals surface area contributed by atoms with Crippen molar-refractivity contribution in [1.82, 2.24) is 9.97 Å². The Bertz CT molecular complexity index is 1540. The lowest BCUT2D eigenvalue weighted by Crippen LogP contribution is -1.91. The first kappa shape index (κ1) is 39.8. The maximum Gasteiger partial charge on any atom is 0.195 e. The molecular formula is C48H68N2O2. The van der Waals surface area contributed by atoms with E-state index in [4.69, 9.17) is 18.8 Å². The molecule has 0 fully saturated rings.